The Kier molecular flexibility index (Phi) is 3.25. The zero-order valence-corrected chi connectivity index (χ0v) is 11.9. The lowest BCUT2D eigenvalue weighted by molar-refractivity contribution is 0.415. The van der Waals surface area contributed by atoms with E-state index in [0.29, 0.717) is 0 Å². The number of aryl methyl sites for hydroxylation is 1. The number of nitrogens with zero attached hydrogens (tertiary/aromatic N) is 1. The van der Waals surface area contributed by atoms with Gasteiger partial charge in [-0.3, -0.25) is 0 Å². The number of aromatic amines is 1. The van der Waals surface area contributed by atoms with Crippen molar-refractivity contribution in [2.75, 3.05) is 7.11 Å². The van der Waals surface area contributed by atoms with Gasteiger partial charge in [-0.25, -0.2) is 4.98 Å². The van der Waals surface area contributed by atoms with Gasteiger partial charge in [0.15, 0.2) is 0 Å². The number of rotatable bonds is 4. The highest BCUT2D eigenvalue weighted by molar-refractivity contribution is 7.07. The van der Waals surface area contributed by atoms with Crippen LogP contribution < -0.4 is 4.74 Å². The molecule has 0 saturated carbocycles. The van der Waals surface area contributed by atoms with E-state index in [1.807, 2.05) is 11.6 Å². The third kappa shape index (κ3) is 2.12. The molecule has 0 radical (unpaired) electrons. The van der Waals surface area contributed by atoms with Gasteiger partial charge in [-0.2, -0.15) is 0 Å². The molecule has 3 aromatic rings. The SMILES string of the molecule is CCCc1c(-c2cscn2)[nH]c2ccc(OC)cc12. The molecular formula is C15H16N2OS. The first kappa shape index (κ1) is 12.2. The minimum atomic E-state index is 0.897. The Morgan fingerprint density at radius 1 is 1.37 bits per heavy atom. The smallest absolute Gasteiger partial charge is 0.119 e. The summed E-state index contributed by atoms with van der Waals surface area (Å²) in [5.74, 6) is 0.897. The van der Waals surface area contributed by atoms with Gasteiger partial charge < -0.3 is 9.72 Å². The van der Waals surface area contributed by atoms with Gasteiger partial charge in [0.25, 0.3) is 0 Å². The average molecular weight is 272 g/mol. The lowest BCUT2D eigenvalue weighted by atomic mass is 10.0. The number of methoxy groups -OCH3 is 1. The molecule has 3 rings (SSSR count). The maximum atomic E-state index is 5.33. The van der Waals surface area contributed by atoms with Gasteiger partial charge >= 0.3 is 0 Å². The fraction of sp³-hybridized carbons (Fsp3) is 0.267. The number of nitrogens with one attached hydrogen (secondary N) is 1. The summed E-state index contributed by atoms with van der Waals surface area (Å²) in [6.07, 6.45) is 2.15. The quantitative estimate of drug-likeness (QED) is 0.771. The number of ether oxygens (including phenoxy) is 1. The number of fused-ring (bicyclic) bond motifs is 1. The van der Waals surface area contributed by atoms with Crippen LogP contribution in [0, 0.1) is 0 Å². The minimum absolute atomic E-state index is 0.897. The average Bonchev–Trinajstić information content (AvgIpc) is 3.06. The molecule has 0 aliphatic carbocycles. The number of thiazole rings is 1. The van der Waals surface area contributed by atoms with E-state index in [2.05, 4.69) is 34.4 Å². The fourth-order valence-electron chi connectivity index (χ4n) is 2.42. The van der Waals surface area contributed by atoms with Crippen LogP contribution in [-0.4, -0.2) is 17.1 Å². The Morgan fingerprint density at radius 3 is 2.95 bits per heavy atom. The Labute approximate surface area is 116 Å². The second-order valence-corrected chi connectivity index (χ2v) is 5.23. The third-order valence-corrected chi connectivity index (χ3v) is 3.89. The standard InChI is InChI=1S/C15H16N2OS/c1-3-4-11-12-7-10(18-2)5-6-13(12)17-15(11)14-8-19-9-16-14/h5-9,17H,3-4H2,1-2H3. The predicted octanol–water partition coefficient (Wildman–Crippen LogP) is 4.25. The Balaban J connectivity index is 2.24. The molecule has 0 saturated heterocycles. The summed E-state index contributed by atoms with van der Waals surface area (Å²) in [6, 6.07) is 6.16. The first-order valence-corrected chi connectivity index (χ1v) is 7.35. The van der Waals surface area contributed by atoms with Crippen LogP contribution in [0.15, 0.2) is 29.1 Å². The van der Waals surface area contributed by atoms with Crippen molar-refractivity contribution in [2.24, 2.45) is 0 Å². The van der Waals surface area contributed by atoms with Crippen LogP contribution in [-0.2, 0) is 6.42 Å². The fourth-order valence-corrected chi connectivity index (χ4v) is 2.96. The summed E-state index contributed by atoms with van der Waals surface area (Å²) in [6.45, 7) is 2.20. The molecule has 0 bridgehead atoms. The first-order chi connectivity index (χ1) is 9.33. The van der Waals surface area contributed by atoms with Crippen LogP contribution in [0.1, 0.15) is 18.9 Å². The van der Waals surface area contributed by atoms with Gasteiger partial charge in [0, 0.05) is 16.3 Å². The van der Waals surface area contributed by atoms with Crippen LogP contribution in [0.4, 0.5) is 0 Å². The summed E-state index contributed by atoms with van der Waals surface area (Å²) < 4.78 is 5.33. The van der Waals surface area contributed by atoms with Crippen LogP contribution in [0.3, 0.4) is 0 Å². The van der Waals surface area contributed by atoms with Gasteiger partial charge in [-0.15, -0.1) is 11.3 Å². The van der Waals surface area contributed by atoms with E-state index in [1.54, 1.807) is 18.4 Å². The number of hydrogen-bond donors (Lipinski definition) is 1. The van der Waals surface area contributed by atoms with Crippen molar-refractivity contribution in [3.05, 3.63) is 34.7 Å². The molecule has 0 unspecified atom stereocenters. The van der Waals surface area contributed by atoms with Crippen LogP contribution >= 0.6 is 11.3 Å². The summed E-state index contributed by atoms with van der Waals surface area (Å²) in [7, 11) is 1.70. The second kappa shape index (κ2) is 5.05. The number of aromatic nitrogens is 2. The molecule has 1 N–H and O–H groups in total. The molecule has 98 valence electrons. The van der Waals surface area contributed by atoms with Crippen molar-refractivity contribution >= 4 is 22.2 Å². The molecule has 19 heavy (non-hydrogen) atoms. The number of hydrogen-bond acceptors (Lipinski definition) is 3. The van der Waals surface area contributed by atoms with Crippen molar-refractivity contribution in [3.63, 3.8) is 0 Å². The van der Waals surface area contributed by atoms with Gasteiger partial charge in [0.05, 0.1) is 24.0 Å². The molecule has 2 aromatic heterocycles. The van der Waals surface area contributed by atoms with Crippen LogP contribution in [0.5, 0.6) is 5.75 Å². The molecular weight excluding hydrogens is 256 g/mol. The lowest BCUT2D eigenvalue weighted by Crippen LogP contribution is -1.87. The van der Waals surface area contributed by atoms with E-state index in [1.165, 1.54) is 10.9 Å². The minimum Gasteiger partial charge on any atom is -0.497 e. The Morgan fingerprint density at radius 2 is 2.26 bits per heavy atom. The molecule has 0 spiro atoms. The van der Waals surface area contributed by atoms with E-state index in [0.717, 1.165) is 35.5 Å². The van der Waals surface area contributed by atoms with E-state index < -0.39 is 0 Å². The topological polar surface area (TPSA) is 37.9 Å². The van der Waals surface area contributed by atoms with E-state index >= 15 is 0 Å². The number of benzene rings is 1. The third-order valence-electron chi connectivity index (χ3n) is 3.30. The van der Waals surface area contributed by atoms with Crippen molar-refractivity contribution in [3.8, 4) is 17.1 Å². The summed E-state index contributed by atoms with van der Waals surface area (Å²) in [5.41, 5.74) is 6.53. The van der Waals surface area contributed by atoms with Crippen molar-refractivity contribution in [1.29, 1.82) is 0 Å². The normalized spacial score (nSPS) is 11.1. The molecule has 0 atom stereocenters. The summed E-state index contributed by atoms with van der Waals surface area (Å²) >= 11 is 1.62. The second-order valence-electron chi connectivity index (χ2n) is 4.51. The van der Waals surface area contributed by atoms with Crippen molar-refractivity contribution in [1.82, 2.24) is 9.97 Å². The predicted molar refractivity (Wildman–Crippen MR) is 80.0 cm³/mol. The van der Waals surface area contributed by atoms with Crippen LogP contribution in [0.2, 0.25) is 0 Å². The van der Waals surface area contributed by atoms with Crippen molar-refractivity contribution < 1.29 is 4.74 Å². The first-order valence-electron chi connectivity index (χ1n) is 6.40. The molecule has 0 amide bonds. The molecule has 2 heterocycles. The molecule has 3 nitrogen and oxygen atoms in total. The van der Waals surface area contributed by atoms with Gasteiger partial charge in [0.2, 0.25) is 0 Å². The maximum absolute atomic E-state index is 5.33. The molecule has 1 aromatic carbocycles. The molecule has 0 fully saturated rings. The highest BCUT2D eigenvalue weighted by atomic mass is 32.1. The zero-order chi connectivity index (χ0) is 13.2. The van der Waals surface area contributed by atoms with Crippen LogP contribution in [0.25, 0.3) is 22.3 Å². The van der Waals surface area contributed by atoms with Gasteiger partial charge in [0.1, 0.15) is 5.75 Å². The lowest BCUT2D eigenvalue weighted by Gasteiger charge is -2.02. The molecule has 0 aliphatic heterocycles. The monoisotopic (exact) mass is 272 g/mol. The molecule has 4 heteroatoms. The van der Waals surface area contributed by atoms with Gasteiger partial charge in [-0.05, 0) is 30.2 Å². The van der Waals surface area contributed by atoms with Crippen molar-refractivity contribution in [2.45, 2.75) is 19.8 Å². The largest absolute Gasteiger partial charge is 0.497 e. The van der Waals surface area contributed by atoms with Gasteiger partial charge in [-0.1, -0.05) is 13.3 Å². The maximum Gasteiger partial charge on any atom is 0.119 e. The summed E-state index contributed by atoms with van der Waals surface area (Å²) in [5, 5.41) is 3.32. The van der Waals surface area contributed by atoms with E-state index in [9.17, 15) is 0 Å². The highest BCUT2D eigenvalue weighted by Crippen LogP contribution is 2.33. The Hall–Kier alpha value is -1.81. The zero-order valence-electron chi connectivity index (χ0n) is 11.1. The molecule has 0 aliphatic rings. The number of H-pyrrole nitrogens is 1. The Bertz CT molecular complexity index is 686. The summed E-state index contributed by atoms with van der Waals surface area (Å²) in [4.78, 5) is 7.91. The van der Waals surface area contributed by atoms with E-state index in [4.69, 9.17) is 4.74 Å². The van der Waals surface area contributed by atoms with E-state index in [-0.39, 0.29) is 0 Å². The highest BCUT2D eigenvalue weighted by Gasteiger charge is 2.14.